The van der Waals surface area contributed by atoms with Crippen molar-refractivity contribution in [3.8, 4) is 56.3 Å². The summed E-state index contributed by atoms with van der Waals surface area (Å²) in [4.78, 5) is 10.0. The molecule has 0 unspecified atom stereocenters. The Morgan fingerprint density at radius 1 is 0.667 bits per heavy atom. The Morgan fingerprint density at radius 2 is 1.40 bits per heavy atom. The molecule has 1 N–H and O–H groups in total. The van der Waals surface area contributed by atoms with Crippen molar-refractivity contribution >= 4 is 21.8 Å². The van der Waals surface area contributed by atoms with Gasteiger partial charge in [-0.1, -0.05) is 118 Å². The Hall–Kier alpha value is -6.00. The lowest BCUT2D eigenvalue weighted by molar-refractivity contribution is 0.477. The van der Waals surface area contributed by atoms with Crippen molar-refractivity contribution in [2.75, 3.05) is 0 Å². The fourth-order valence-electron chi connectivity index (χ4n) is 6.33. The molecule has 0 aliphatic heterocycles. The molecule has 0 atom stereocenters. The second-order valence-electron chi connectivity index (χ2n) is 12.9. The summed E-state index contributed by atoms with van der Waals surface area (Å²) in [5, 5.41) is 13.3. The zero-order chi connectivity index (χ0) is 37.2. The highest BCUT2D eigenvalue weighted by molar-refractivity contribution is 5.99. The monoisotopic (exact) mass is 626 g/mol. The number of nitrogens with zero attached hydrogens (tertiary/aromatic N) is 3. The molecule has 0 radical (unpaired) electrons. The van der Waals surface area contributed by atoms with Crippen molar-refractivity contribution in [3.05, 3.63) is 157 Å². The third-order valence-corrected chi connectivity index (χ3v) is 8.79. The Balaban J connectivity index is 1.37. The second-order valence-corrected chi connectivity index (χ2v) is 12.9. The van der Waals surface area contributed by atoms with Gasteiger partial charge in [0.1, 0.15) is 11.6 Å². The SMILES string of the molecule is [2H]c1c([2H])c([2H])c(-c2ccnc(-c3cc(-c4cccc5c4nc(-c4ccccc4O)n5-c4cccc5ccccc45)cc(C(C)(C)C)c3)c2)c([2H])c1[2H]. The van der Waals surface area contributed by atoms with Gasteiger partial charge in [0.15, 0.2) is 0 Å². The van der Waals surface area contributed by atoms with Crippen LogP contribution in [-0.2, 0) is 5.41 Å². The highest BCUT2D eigenvalue weighted by atomic mass is 16.3. The minimum Gasteiger partial charge on any atom is -0.507 e. The van der Waals surface area contributed by atoms with Crippen LogP contribution >= 0.6 is 0 Å². The maximum atomic E-state index is 11.1. The Morgan fingerprint density at radius 3 is 2.23 bits per heavy atom. The quantitative estimate of drug-likeness (QED) is 0.207. The van der Waals surface area contributed by atoms with Gasteiger partial charge in [0.25, 0.3) is 0 Å². The van der Waals surface area contributed by atoms with Gasteiger partial charge < -0.3 is 5.11 Å². The summed E-state index contributed by atoms with van der Waals surface area (Å²) in [7, 11) is 0. The van der Waals surface area contributed by atoms with E-state index < -0.39 is 6.04 Å². The molecular weight excluding hydrogens is 587 g/mol. The average molecular weight is 627 g/mol. The summed E-state index contributed by atoms with van der Waals surface area (Å²) in [6.07, 6.45) is 1.61. The minimum atomic E-state index is -0.428. The molecule has 48 heavy (non-hydrogen) atoms. The van der Waals surface area contributed by atoms with Crippen LogP contribution in [0.3, 0.4) is 0 Å². The lowest BCUT2D eigenvalue weighted by atomic mass is 9.83. The van der Waals surface area contributed by atoms with Crippen LogP contribution in [0.2, 0.25) is 0 Å². The van der Waals surface area contributed by atoms with E-state index in [1.54, 1.807) is 30.5 Å². The number of para-hydroxylation sites is 2. The van der Waals surface area contributed by atoms with Gasteiger partial charge in [-0.05, 0) is 81.6 Å². The topological polar surface area (TPSA) is 50.9 Å². The predicted molar refractivity (Wildman–Crippen MR) is 198 cm³/mol. The lowest BCUT2D eigenvalue weighted by Gasteiger charge is -2.22. The number of aromatic nitrogens is 3. The van der Waals surface area contributed by atoms with Gasteiger partial charge in [0.2, 0.25) is 0 Å². The molecule has 0 amide bonds. The maximum absolute atomic E-state index is 11.1. The van der Waals surface area contributed by atoms with E-state index in [1.807, 2.05) is 36.4 Å². The molecule has 8 aromatic rings. The predicted octanol–water partition coefficient (Wildman–Crippen LogP) is 11.2. The molecule has 8 rings (SSSR count). The summed E-state index contributed by atoms with van der Waals surface area (Å²) in [5.74, 6) is 0.745. The summed E-state index contributed by atoms with van der Waals surface area (Å²) in [6.45, 7) is 6.45. The van der Waals surface area contributed by atoms with Crippen molar-refractivity contribution in [1.29, 1.82) is 0 Å². The van der Waals surface area contributed by atoms with Crippen LogP contribution in [-0.4, -0.2) is 19.6 Å². The van der Waals surface area contributed by atoms with Crippen molar-refractivity contribution < 1.29 is 12.0 Å². The molecule has 0 aliphatic carbocycles. The first kappa shape index (κ1) is 24.2. The van der Waals surface area contributed by atoms with Crippen LogP contribution < -0.4 is 0 Å². The third kappa shape index (κ3) is 5.22. The number of hydrogen-bond acceptors (Lipinski definition) is 3. The van der Waals surface area contributed by atoms with Crippen LogP contribution in [0, 0.1) is 0 Å². The summed E-state index contributed by atoms with van der Waals surface area (Å²) < 4.78 is 43.8. The van der Waals surface area contributed by atoms with Crippen LogP contribution in [0.15, 0.2) is 152 Å². The van der Waals surface area contributed by atoms with E-state index in [2.05, 4.69) is 79.9 Å². The van der Waals surface area contributed by atoms with Crippen molar-refractivity contribution in [1.82, 2.24) is 14.5 Å². The molecule has 0 bridgehead atoms. The molecule has 232 valence electrons. The van der Waals surface area contributed by atoms with Crippen molar-refractivity contribution in [2.24, 2.45) is 0 Å². The molecular formula is C44H35N3O. The molecule has 0 saturated carbocycles. The van der Waals surface area contributed by atoms with Crippen LogP contribution in [0.1, 0.15) is 33.2 Å². The highest BCUT2D eigenvalue weighted by Gasteiger charge is 2.22. The first-order valence-electron chi connectivity index (χ1n) is 18.4. The number of aromatic hydroxyl groups is 1. The van der Waals surface area contributed by atoms with E-state index in [1.165, 1.54) is 0 Å². The molecule has 6 aromatic carbocycles. The zero-order valence-corrected chi connectivity index (χ0v) is 26.8. The van der Waals surface area contributed by atoms with Gasteiger partial charge in [-0.2, -0.15) is 0 Å². The van der Waals surface area contributed by atoms with Gasteiger partial charge in [-0.3, -0.25) is 9.55 Å². The number of hydrogen-bond donors (Lipinski definition) is 1. The Bertz CT molecular complexity index is 2710. The first-order chi connectivity index (χ1) is 25.4. The first-order valence-corrected chi connectivity index (χ1v) is 15.9. The van der Waals surface area contributed by atoms with Gasteiger partial charge in [-0.15, -0.1) is 0 Å². The van der Waals surface area contributed by atoms with E-state index >= 15 is 0 Å². The molecule has 2 heterocycles. The number of phenols is 1. The molecule has 0 fully saturated rings. The summed E-state index contributed by atoms with van der Waals surface area (Å²) >= 11 is 0. The third-order valence-electron chi connectivity index (χ3n) is 8.79. The summed E-state index contributed by atoms with van der Waals surface area (Å²) in [6, 6.07) is 35.9. The fourth-order valence-corrected chi connectivity index (χ4v) is 6.33. The lowest BCUT2D eigenvalue weighted by Crippen LogP contribution is -2.11. The number of imidazole rings is 1. The number of pyridine rings is 1. The van der Waals surface area contributed by atoms with Crippen LogP contribution in [0.4, 0.5) is 0 Å². The van der Waals surface area contributed by atoms with Gasteiger partial charge >= 0.3 is 0 Å². The van der Waals surface area contributed by atoms with Gasteiger partial charge in [0, 0.05) is 22.7 Å². The van der Waals surface area contributed by atoms with E-state index in [0.717, 1.165) is 49.7 Å². The second kappa shape index (κ2) is 11.7. The van der Waals surface area contributed by atoms with Crippen molar-refractivity contribution in [2.45, 2.75) is 26.2 Å². The molecule has 0 spiro atoms. The normalized spacial score (nSPS) is 13.2. The average Bonchev–Trinajstić information content (AvgIpc) is 3.55. The van der Waals surface area contributed by atoms with E-state index in [9.17, 15) is 5.11 Å². The molecule has 4 heteroatoms. The van der Waals surface area contributed by atoms with E-state index in [0.29, 0.717) is 22.6 Å². The minimum absolute atomic E-state index is 0.132. The molecule has 2 aromatic heterocycles. The summed E-state index contributed by atoms with van der Waals surface area (Å²) in [5.41, 5.74) is 7.85. The van der Waals surface area contributed by atoms with Crippen LogP contribution in [0.5, 0.6) is 5.75 Å². The van der Waals surface area contributed by atoms with E-state index in [4.69, 9.17) is 16.8 Å². The Labute approximate surface area is 287 Å². The Kier molecular flexibility index (Phi) is 5.88. The highest BCUT2D eigenvalue weighted by Crippen LogP contribution is 2.40. The maximum Gasteiger partial charge on any atom is 0.149 e. The van der Waals surface area contributed by atoms with Gasteiger partial charge in [0.05, 0.1) is 34.8 Å². The van der Waals surface area contributed by atoms with E-state index in [-0.39, 0.29) is 40.9 Å². The van der Waals surface area contributed by atoms with Gasteiger partial charge in [-0.25, -0.2) is 4.98 Å². The molecule has 0 saturated heterocycles. The number of benzene rings is 6. The van der Waals surface area contributed by atoms with Crippen molar-refractivity contribution in [3.63, 3.8) is 0 Å². The van der Waals surface area contributed by atoms with Crippen LogP contribution in [0.25, 0.3) is 72.4 Å². The largest absolute Gasteiger partial charge is 0.507 e. The molecule has 0 aliphatic rings. The standard InChI is InChI=1S/C44H35N3O/c1-44(2,3)34-26-32(25-33(27-34)38-28-31(23-24-45-38)29-13-5-4-6-14-29)36-19-12-21-40-42(36)46-43(37-18-9-10-22-41(37)48)47(40)39-20-11-16-30-15-7-8-17-35(30)39/h4-28,48H,1-3H3/i4D,5D,6D,13D,14D. The number of fused-ring (bicyclic) bond motifs is 2. The zero-order valence-electron chi connectivity index (χ0n) is 31.8. The smallest absolute Gasteiger partial charge is 0.149 e. The number of rotatable bonds is 5. The number of phenolic OH excluding ortho intramolecular Hbond substituents is 1. The fraction of sp³-hybridized carbons (Fsp3) is 0.0909. The molecule has 4 nitrogen and oxygen atoms in total.